The number of allylic oxidation sites excluding steroid dienone is 1. The smallest absolute Gasteiger partial charge is 0.0809 e. The standard InChI is InChI=1S/C26H33ClO2/c1-25-11-9-19(28)15-18(25)7-8-20-21(25)10-12-26(2)22(20)14-17(24(26)29)13-16-5-3-4-6-23(16)27/h3-7,13,19-22,24,28-29H,8-12,14-15H2,1-2H3/b17-13+/t19-,20+,21-,22-,24-,25-,26-/m0/s1. The summed E-state index contributed by atoms with van der Waals surface area (Å²) >= 11 is 6.40. The molecule has 0 radical (unpaired) electrons. The van der Waals surface area contributed by atoms with Crippen LogP contribution in [0.15, 0.2) is 41.5 Å². The van der Waals surface area contributed by atoms with Gasteiger partial charge in [-0.2, -0.15) is 0 Å². The Morgan fingerprint density at radius 3 is 2.62 bits per heavy atom. The van der Waals surface area contributed by atoms with E-state index in [9.17, 15) is 10.2 Å². The minimum atomic E-state index is -0.379. The lowest BCUT2D eigenvalue weighted by Crippen LogP contribution is -2.51. The van der Waals surface area contributed by atoms with Gasteiger partial charge in [0, 0.05) is 10.4 Å². The molecule has 5 rings (SSSR count). The summed E-state index contributed by atoms with van der Waals surface area (Å²) in [6.45, 7) is 4.77. The topological polar surface area (TPSA) is 40.5 Å². The Hall–Kier alpha value is -1.09. The summed E-state index contributed by atoms with van der Waals surface area (Å²) in [5.74, 6) is 1.83. The second-order valence-electron chi connectivity index (χ2n) is 10.5. The highest BCUT2D eigenvalue weighted by molar-refractivity contribution is 6.32. The zero-order valence-corrected chi connectivity index (χ0v) is 18.3. The predicted octanol–water partition coefficient (Wildman–Crippen LogP) is 6.02. The summed E-state index contributed by atoms with van der Waals surface area (Å²) in [6, 6.07) is 7.93. The first-order chi connectivity index (χ1) is 13.8. The molecule has 0 heterocycles. The fraction of sp³-hybridized carbons (Fsp3) is 0.615. The van der Waals surface area contributed by atoms with Gasteiger partial charge < -0.3 is 10.2 Å². The molecule has 2 N–H and O–H groups in total. The monoisotopic (exact) mass is 412 g/mol. The molecule has 0 spiro atoms. The molecule has 0 bridgehead atoms. The summed E-state index contributed by atoms with van der Waals surface area (Å²) in [6.07, 6.45) is 11.3. The highest BCUT2D eigenvalue weighted by Gasteiger charge is 2.59. The molecular weight excluding hydrogens is 380 g/mol. The number of rotatable bonds is 1. The molecule has 3 saturated carbocycles. The van der Waals surface area contributed by atoms with Crippen molar-refractivity contribution in [2.45, 2.75) is 71.0 Å². The minimum Gasteiger partial charge on any atom is -0.393 e. The van der Waals surface area contributed by atoms with Crippen molar-refractivity contribution in [2.75, 3.05) is 0 Å². The molecule has 0 unspecified atom stereocenters. The maximum absolute atomic E-state index is 11.4. The van der Waals surface area contributed by atoms with Gasteiger partial charge in [0.15, 0.2) is 0 Å². The fourth-order valence-electron chi connectivity index (χ4n) is 7.43. The fourth-order valence-corrected chi connectivity index (χ4v) is 7.62. The van der Waals surface area contributed by atoms with Gasteiger partial charge in [0.05, 0.1) is 12.2 Å². The largest absolute Gasteiger partial charge is 0.393 e. The van der Waals surface area contributed by atoms with Crippen LogP contribution in [0.1, 0.15) is 64.4 Å². The first-order valence-electron chi connectivity index (χ1n) is 11.3. The van der Waals surface area contributed by atoms with E-state index in [1.54, 1.807) is 0 Å². The van der Waals surface area contributed by atoms with E-state index < -0.39 is 0 Å². The Balaban J connectivity index is 1.48. The van der Waals surface area contributed by atoms with Crippen LogP contribution < -0.4 is 0 Å². The van der Waals surface area contributed by atoms with Crippen LogP contribution in [0, 0.1) is 28.6 Å². The summed E-state index contributed by atoms with van der Waals surface area (Å²) in [4.78, 5) is 0. The molecule has 0 aliphatic heterocycles. The summed E-state index contributed by atoms with van der Waals surface area (Å²) in [5.41, 5.74) is 3.88. The van der Waals surface area contributed by atoms with Gasteiger partial charge in [0.25, 0.3) is 0 Å². The van der Waals surface area contributed by atoms with E-state index in [-0.39, 0.29) is 23.0 Å². The van der Waals surface area contributed by atoms with Crippen molar-refractivity contribution in [1.82, 2.24) is 0 Å². The van der Waals surface area contributed by atoms with Gasteiger partial charge in [-0.3, -0.25) is 0 Å². The van der Waals surface area contributed by atoms with Gasteiger partial charge in [0.2, 0.25) is 0 Å². The van der Waals surface area contributed by atoms with Crippen LogP contribution in [0.2, 0.25) is 5.02 Å². The summed E-state index contributed by atoms with van der Waals surface area (Å²) in [7, 11) is 0. The highest BCUT2D eigenvalue weighted by Crippen LogP contribution is 2.65. The van der Waals surface area contributed by atoms with Crippen molar-refractivity contribution >= 4 is 17.7 Å². The van der Waals surface area contributed by atoms with Crippen LogP contribution in [0.3, 0.4) is 0 Å². The van der Waals surface area contributed by atoms with E-state index in [2.05, 4.69) is 26.0 Å². The third-order valence-electron chi connectivity index (χ3n) is 9.19. The van der Waals surface area contributed by atoms with Gasteiger partial charge in [-0.05, 0) is 85.3 Å². The molecule has 2 nitrogen and oxygen atoms in total. The van der Waals surface area contributed by atoms with Crippen molar-refractivity contribution in [1.29, 1.82) is 0 Å². The van der Waals surface area contributed by atoms with E-state index in [0.29, 0.717) is 17.8 Å². The molecule has 3 fully saturated rings. The SMILES string of the molecule is C[C@]12CC[C@H]3[C@@H](CC=C4C[C@@H](O)CC[C@@]43C)[C@@H]1C/C(=C\c1ccccc1Cl)[C@@H]2O. The molecule has 29 heavy (non-hydrogen) atoms. The number of benzene rings is 1. The lowest BCUT2D eigenvalue weighted by Gasteiger charge is -2.57. The Labute approximate surface area is 179 Å². The average Bonchev–Trinajstić information content (AvgIpc) is 2.95. The number of fused-ring (bicyclic) bond motifs is 5. The second kappa shape index (κ2) is 6.97. The summed E-state index contributed by atoms with van der Waals surface area (Å²) < 4.78 is 0. The lowest BCUT2D eigenvalue weighted by atomic mass is 9.48. The Kier molecular flexibility index (Phi) is 4.77. The Bertz CT molecular complexity index is 873. The third kappa shape index (κ3) is 2.98. The Morgan fingerprint density at radius 2 is 1.83 bits per heavy atom. The van der Waals surface area contributed by atoms with E-state index >= 15 is 0 Å². The van der Waals surface area contributed by atoms with Crippen LogP contribution in [0.25, 0.3) is 6.08 Å². The van der Waals surface area contributed by atoms with Crippen molar-refractivity contribution in [3.05, 3.63) is 52.1 Å². The highest BCUT2D eigenvalue weighted by atomic mass is 35.5. The average molecular weight is 413 g/mol. The van der Waals surface area contributed by atoms with Crippen molar-refractivity contribution in [3.8, 4) is 0 Å². The molecule has 3 heteroatoms. The zero-order chi connectivity index (χ0) is 20.4. The Morgan fingerprint density at radius 1 is 1.03 bits per heavy atom. The van der Waals surface area contributed by atoms with Crippen LogP contribution in [-0.2, 0) is 0 Å². The number of halogens is 1. The molecule has 0 saturated heterocycles. The number of hydrogen-bond donors (Lipinski definition) is 2. The van der Waals surface area contributed by atoms with E-state index in [1.807, 2.05) is 24.3 Å². The minimum absolute atomic E-state index is 0.0376. The van der Waals surface area contributed by atoms with Gasteiger partial charge >= 0.3 is 0 Å². The van der Waals surface area contributed by atoms with Crippen molar-refractivity contribution in [2.24, 2.45) is 28.6 Å². The van der Waals surface area contributed by atoms with Crippen LogP contribution in [0.5, 0.6) is 0 Å². The van der Waals surface area contributed by atoms with Crippen molar-refractivity contribution in [3.63, 3.8) is 0 Å². The number of aliphatic hydroxyl groups excluding tert-OH is 2. The molecule has 4 aliphatic rings. The second-order valence-corrected chi connectivity index (χ2v) is 11.0. The first-order valence-corrected chi connectivity index (χ1v) is 11.7. The van der Waals surface area contributed by atoms with E-state index in [1.165, 1.54) is 12.0 Å². The van der Waals surface area contributed by atoms with Crippen molar-refractivity contribution < 1.29 is 10.2 Å². The summed E-state index contributed by atoms with van der Waals surface area (Å²) in [5, 5.41) is 22.3. The zero-order valence-electron chi connectivity index (χ0n) is 17.6. The molecular formula is C26H33ClO2. The van der Waals surface area contributed by atoms with Gasteiger partial charge in [-0.15, -0.1) is 0 Å². The molecule has 0 amide bonds. The van der Waals surface area contributed by atoms with Gasteiger partial charge in [-0.25, -0.2) is 0 Å². The van der Waals surface area contributed by atoms with Crippen LogP contribution in [0.4, 0.5) is 0 Å². The molecule has 156 valence electrons. The van der Waals surface area contributed by atoms with Gasteiger partial charge in [0.1, 0.15) is 0 Å². The normalized spacial score (nSPS) is 45.3. The molecule has 1 aromatic carbocycles. The van der Waals surface area contributed by atoms with Gasteiger partial charge in [-0.1, -0.05) is 61.4 Å². The third-order valence-corrected chi connectivity index (χ3v) is 9.54. The lowest BCUT2D eigenvalue weighted by molar-refractivity contribution is -0.0685. The van der Waals surface area contributed by atoms with E-state index in [4.69, 9.17) is 11.6 Å². The molecule has 7 atom stereocenters. The molecule has 1 aromatic rings. The first kappa shape index (κ1) is 19.8. The maximum atomic E-state index is 11.4. The molecule has 4 aliphatic carbocycles. The maximum Gasteiger partial charge on any atom is 0.0809 e. The molecule has 0 aromatic heterocycles. The number of hydrogen-bond acceptors (Lipinski definition) is 2. The van der Waals surface area contributed by atoms with E-state index in [0.717, 1.165) is 54.7 Å². The predicted molar refractivity (Wildman–Crippen MR) is 119 cm³/mol. The quantitative estimate of drug-likeness (QED) is 0.554. The van der Waals surface area contributed by atoms with Crippen LogP contribution in [-0.4, -0.2) is 22.4 Å². The number of aliphatic hydroxyl groups is 2. The van der Waals surface area contributed by atoms with Crippen LogP contribution >= 0.6 is 11.6 Å².